The molecule has 1 rings (SSSR count). The first-order valence-corrected chi connectivity index (χ1v) is 6.55. The molecule has 0 bridgehead atoms. The fourth-order valence-corrected chi connectivity index (χ4v) is 2.31. The predicted molar refractivity (Wildman–Crippen MR) is 74.7 cm³/mol. The number of hydrogen-bond donors (Lipinski definition) is 2. The predicted octanol–water partition coefficient (Wildman–Crippen LogP) is 2.22. The van der Waals surface area contributed by atoms with Crippen LogP contribution in [0.1, 0.15) is 36.3 Å². The average molecular weight is 254 g/mol. The Morgan fingerprint density at radius 3 is 2.41 bits per heavy atom. The van der Waals surface area contributed by atoms with Crippen LogP contribution in [0.15, 0.2) is 4.99 Å². The highest BCUT2D eigenvalue weighted by atomic mass is 32.1. The van der Waals surface area contributed by atoms with E-state index in [-0.39, 0.29) is 5.54 Å². The highest BCUT2D eigenvalue weighted by Crippen LogP contribution is 2.16. The highest BCUT2D eigenvalue weighted by Gasteiger charge is 2.12. The molecule has 0 spiro atoms. The van der Waals surface area contributed by atoms with Crippen molar-refractivity contribution in [2.75, 3.05) is 7.05 Å². The molecule has 2 N–H and O–H groups in total. The number of nitrogens with one attached hydrogen (secondary N) is 2. The van der Waals surface area contributed by atoms with E-state index < -0.39 is 0 Å². The lowest BCUT2D eigenvalue weighted by molar-refractivity contribution is 0.501. The Labute approximate surface area is 108 Å². The number of thiazole rings is 1. The summed E-state index contributed by atoms with van der Waals surface area (Å²) >= 11 is 1.73. The largest absolute Gasteiger partial charge is 0.352 e. The quantitative estimate of drug-likeness (QED) is 0.628. The number of hydrogen-bond acceptors (Lipinski definition) is 3. The molecule has 0 aromatic carbocycles. The van der Waals surface area contributed by atoms with Crippen LogP contribution in [0.4, 0.5) is 0 Å². The van der Waals surface area contributed by atoms with E-state index >= 15 is 0 Å². The van der Waals surface area contributed by atoms with Gasteiger partial charge >= 0.3 is 0 Å². The fraction of sp³-hybridized carbons (Fsp3) is 0.667. The van der Waals surface area contributed by atoms with Gasteiger partial charge in [-0.1, -0.05) is 0 Å². The summed E-state index contributed by atoms with van der Waals surface area (Å²) in [6.45, 7) is 11.2. The van der Waals surface area contributed by atoms with Crippen LogP contribution < -0.4 is 10.6 Å². The zero-order valence-corrected chi connectivity index (χ0v) is 12.3. The van der Waals surface area contributed by atoms with Gasteiger partial charge < -0.3 is 10.6 Å². The zero-order chi connectivity index (χ0) is 13.1. The molecule has 0 aliphatic rings. The van der Waals surface area contributed by atoms with Gasteiger partial charge in [-0.3, -0.25) is 4.99 Å². The van der Waals surface area contributed by atoms with Crippen molar-refractivity contribution in [3.05, 3.63) is 15.6 Å². The monoisotopic (exact) mass is 254 g/mol. The molecule has 0 amide bonds. The number of aliphatic imine (C=N–C) groups is 1. The van der Waals surface area contributed by atoms with Gasteiger partial charge in [-0.05, 0) is 34.6 Å². The van der Waals surface area contributed by atoms with Crippen LogP contribution in [0.5, 0.6) is 0 Å². The Morgan fingerprint density at radius 2 is 2.00 bits per heavy atom. The first kappa shape index (κ1) is 14.0. The van der Waals surface area contributed by atoms with Gasteiger partial charge in [-0.2, -0.15) is 0 Å². The minimum absolute atomic E-state index is 0.0144. The third kappa shape index (κ3) is 4.73. The van der Waals surface area contributed by atoms with Gasteiger partial charge in [0.2, 0.25) is 0 Å². The number of nitrogens with zero attached hydrogens (tertiary/aromatic N) is 2. The standard InChI is InChI=1S/C12H22N4S/c1-8-10(17-9(2)15-8)7-14-11(13-6)16-12(3,4)5/h7H2,1-6H3,(H2,13,14,16). The smallest absolute Gasteiger partial charge is 0.191 e. The molecule has 0 aliphatic heterocycles. The molecule has 0 atom stereocenters. The summed E-state index contributed by atoms with van der Waals surface area (Å²) in [5, 5.41) is 7.74. The van der Waals surface area contributed by atoms with Crippen molar-refractivity contribution in [2.45, 2.75) is 46.7 Å². The third-order valence-corrected chi connectivity index (χ3v) is 3.21. The lowest BCUT2D eigenvalue weighted by Crippen LogP contribution is -2.47. The number of aromatic nitrogens is 1. The van der Waals surface area contributed by atoms with Crippen LogP contribution in [-0.2, 0) is 6.54 Å². The van der Waals surface area contributed by atoms with E-state index in [1.165, 1.54) is 4.88 Å². The van der Waals surface area contributed by atoms with Crippen LogP contribution in [0.25, 0.3) is 0 Å². The van der Waals surface area contributed by atoms with Gasteiger partial charge in [-0.25, -0.2) is 4.98 Å². The van der Waals surface area contributed by atoms with Crippen molar-refractivity contribution >= 4 is 17.3 Å². The van der Waals surface area contributed by atoms with Crippen molar-refractivity contribution in [2.24, 2.45) is 4.99 Å². The molecular weight excluding hydrogens is 232 g/mol. The lowest BCUT2D eigenvalue weighted by Gasteiger charge is -2.23. The second-order valence-corrected chi connectivity index (χ2v) is 6.33. The van der Waals surface area contributed by atoms with Gasteiger partial charge in [0.1, 0.15) is 0 Å². The van der Waals surface area contributed by atoms with E-state index in [0.29, 0.717) is 0 Å². The topological polar surface area (TPSA) is 49.3 Å². The molecule has 0 saturated carbocycles. The Hall–Kier alpha value is -1.10. The SMILES string of the molecule is CN=C(NCc1sc(C)nc1C)NC(C)(C)C. The Morgan fingerprint density at radius 1 is 1.35 bits per heavy atom. The van der Waals surface area contributed by atoms with E-state index in [4.69, 9.17) is 0 Å². The van der Waals surface area contributed by atoms with E-state index in [9.17, 15) is 0 Å². The van der Waals surface area contributed by atoms with Crippen molar-refractivity contribution in [3.63, 3.8) is 0 Å². The van der Waals surface area contributed by atoms with E-state index in [1.54, 1.807) is 18.4 Å². The number of aryl methyl sites for hydroxylation is 2. The van der Waals surface area contributed by atoms with Crippen LogP contribution in [0.3, 0.4) is 0 Å². The van der Waals surface area contributed by atoms with Crippen LogP contribution in [0, 0.1) is 13.8 Å². The first-order valence-electron chi connectivity index (χ1n) is 5.73. The molecular formula is C12H22N4S. The Bertz CT molecular complexity index is 401. The normalized spacial score (nSPS) is 12.7. The second kappa shape index (κ2) is 5.49. The Balaban J connectivity index is 2.57. The highest BCUT2D eigenvalue weighted by molar-refractivity contribution is 7.11. The van der Waals surface area contributed by atoms with E-state index in [1.807, 2.05) is 13.8 Å². The molecule has 4 nitrogen and oxygen atoms in total. The lowest BCUT2D eigenvalue weighted by atomic mass is 10.1. The summed E-state index contributed by atoms with van der Waals surface area (Å²) < 4.78 is 0. The fourth-order valence-electron chi connectivity index (χ4n) is 1.44. The molecule has 0 saturated heterocycles. The maximum atomic E-state index is 4.41. The molecule has 1 aromatic rings. The summed E-state index contributed by atoms with van der Waals surface area (Å²) in [5.41, 5.74) is 1.12. The maximum absolute atomic E-state index is 4.41. The molecule has 0 radical (unpaired) electrons. The molecule has 0 unspecified atom stereocenters. The Kier molecular flexibility index (Phi) is 4.51. The summed E-state index contributed by atoms with van der Waals surface area (Å²) in [6, 6.07) is 0. The number of guanidine groups is 1. The summed E-state index contributed by atoms with van der Waals surface area (Å²) in [6.07, 6.45) is 0. The number of rotatable bonds is 2. The van der Waals surface area contributed by atoms with Crippen LogP contribution in [0.2, 0.25) is 0 Å². The third-order valence-electron chi connectivity index (χ3n) is 2.13. The van der Waals surface area contributed by atoms with Gasteiger partial charge in [0.15, 0.2) is 5.96 Å². The molecule has 0 fully saturated rings. The molecule has 5 heteroatoms. The van der Waals surface area contributed by atoms with Crippen molar-refractivity contribution < 1.29 is 0 Å². The van der Waals surface area contributed by atoms with Crippen molar-refractivity contribution in [1.29, 1.82) is 0 Å². The second-order valence-electron chi connectivity index (χ2n) is 5.04. The van der Waals surface area contributed by atoms with Crippen LogP contribution >= 0.6 is 11.3 Å². The molecule has 17 heavy (non-hydrogen) atoms. The van der Waals surface area contributed by atoms with Crippen molar-refractivity contribution in [1.82, 2.24) is 15.6 Å². The first-order chi connectivity index (χ1) is 7.81. The average Bonchev–Trinajstić information content (AvgIpc) is 2.50. The van der Waals surface area contributed by atoms with Crippen molar-refractivity contribution in [3.8, 4) is 0 Å². The zero-order valence-electron chi connectivity index (χ0n) is 11.5. The van der Waals surface area contributed by atoms with Gasteiger partial charge in [-0.15, -0.1) is 11.3 Å². The van der Waals surface area contributed by atoms with Crippen LogP contribution in [-0.4, -0.2) is 23.5 Å². The molecule has 0 aliphatic carbocycles. The van der Waals surface area contributed by atoms with Gasteiger partial charge in [0.05, 0.1) is 17.2 Å². The van der Waals surface area contributed by atoms with Gasteiger partial charge in [0.25, 0.3) is 0 Å². The minimum atomic E-state index is 0.0144. The minimum Gasteiger partial charge on any atom is -0.352 e. The molecule has 1 heterocycles. The maximum Gasteiger partial charge on any atom is 0.191 e. The summed E-state index contributed by atoms with van der Waals surface area (Å²) in [4.78, 5) is 9.87. The van der Waals surface area contributed by atoms with Gasteiger partial charge in [0, 0.05) is 17.5 Å². The van der Waals surface area contributed by atoms with E-state index in [0.717, 1.165) is 23.2 Å². The molecule has 96 valence electrons. The molecule has 1 aromatic heterocycles. The van der Waals surface area contributed by atoms with E-state index in [2.05, 4.69) is 41.4 Å². The summed E-state index contributed by atoms with van der Waals surface area (Å²) in [5.74, 6) is 0.822. The summed E-state index contributed by atoms with van der Waals surface area (Å²) in [7, 11) is 1.78.